The molecule has 0 aromatic heterocycles. The van der Waals surface area contributed by atoms with Gasteiger partial charge in [0.2, 0.25) is 0 Å². The van der Waals surface area contributed by atoms with Gasteiger partial charge >= 0.3 is 6.18 Å². The van der Waals surface area contributed by atoms with Crippen molar-refractivity contribution in [1.82, 2.24) is 4.90 Å². The first-order chi connectivity index (χ1) is 7.84. The summed E-state index contributed by atoms with van der Waals surface area (Å²) >= 11 is 0. The maximum absolute atomic E-state index is 13.0. The predicted molar refractivity (Wildman–Crippen MR) is 54.8 cm³/mol. The molecule has 0 aliphatic carbocycles. The molecule has 0 saturated carbocycles. The summed E-state index contributed by atoms with van der Waals surface area (Å²) in [5.41, 5.74) is -0.901. The Labute approximate surface area is 96.5 Å². The molecule has 1 rings (SSSR count). The molecule has 0 heterocycles. The Morgan fingerprint density at radius 3 is 2.47 bits per heavy atom. The third-order valence-corrected chi connectivity index (χ3v) is 2.27. The maximum atomic E-state index is 13.0. The van der Waals surface area contributed by atoms with Gasteiger partial charge in [-0.05, 0) is 24.7 Å². The molecule has 0 aliphatic heterocycles. The summed E-state index contributed by atoms with van der Waals surface area (Å²) in [6.07, 6.45) is -4.68. The van der Waals surface area contributed by atoms with Crippen LogP contribution in [0.25, 0.3) is 0 Å². The van der Waals surface area contributed by atoms with Crippen molar-refractivity contribution in [3.63, 3.8) is 0 Å². The van der Waals surface area contributed by atoms with Crippen LogP contribution >= 0.6 is 0 Å². The van der Waals surface area contributed by atoms with E-state index in [1.807, 2.05) is 0 Å². The highest BCUT2D eigenvalue weighted by Gasteiger charge is 2.34. The quantitative estimate of drug-likeness (QED) is 0.830. The molecular formula is C11H13F4NO. The van der Waals surface area contributed by atoms with Crippen molar-refractivity contribution in [2.75, 3.05) is 20.2 Å². The highest BCUT2D eigenvalue weighted by Crippen LogP contribution is 2.32. The SMILES string of the molecule is CN(CCO)Cc1ccc(F)c(C(F)(F)F)c1. The lowest BCUT2D eigenvalue weighted by Gasteiger charge is -2.16. The van der Waals surface area contributed by atoms with E-state index in [0.717, 1.165) is 12.1 Å². The number of aliphatic hydroxyl groups excluding tert-OH is 1. The zero-order valence-corrected chi connectivity index (χ0v) is 9.26. The number of hydrogen-bond acceptors (Lipinski definition) is 2. The third kappa shape index (κ3) is 3.98. The minimum atomic E-state index is -4.68. The van der Waals surface area contributed by atoms with Gasteiger partial charge in [0, 0.05) is 13.1 Å². The van der Waals surface area contributed by atoms with E-state index in [2.05, 4.69) is 0 Å². The minimum absolute atomic E-state index is 0.0795. The molecule has 6 heteroatoms. The van der Waals surface area contributed by atoms with Gasteiger partial charge in [-0.3, -0.25) is 4.90 Å². The third-order valence-electron chi connectivity index (χ3n) is 2.27. The lowest BCUT2D eigenvalue weighted by molar-refractivity contribution is -0.140. The summed E-state index contributed by atoms with van der Waals surface area (Å²) in [5.74, 6) is -1.27. The average molecular weight is 251 g/mol. The Morgan fingerprint density at radius 2 is 1.94 bits per heavy atom. The van der Waals surface area contributed by atoms with Gasteiger partial charge in [-0.1, -0.05) is 6.07 Å². The van der Waals surface area contributed by atoms with Gasteiger partial charge in [0.15, 0.2) is 0 Å². The first kappa shape index (κ1) is 13.9. The number of benzene rings is 1. The molecule has 0 bridgehead atoms. The number of alkyl halides is 3. The van der Waals surface area contributed by atoms with E-state index in [1.165, 1.54) is 6.07 Å². The fourth-order valence-corrected chi connectivity index (χ4v) is 1.45. The van der Waals surface area contributed by atoms with Gasteiger partial charge in [-0.25, -0.2) is 4.39 Å². The summed E-state index contributed by atoms with van der Waals surface area (Å²) in [7, 11) is 1.66. The smallest absolute Gasteiger partial charge is 0.395 e. The van der Waals surface area contributed by atoms with Crippen LogP contribution in [0.1, 0.15) is 11.1 Å². The van der Waals surface area contributed by atoms with Crippen LogP contribution in [-0.4, -0.2) is 30.2 Å². The highest BCUT2D eigenvalue weighted by atomic mass is 19.4. The van der Waals surface area contributed by atoms with Crippen LogP contribution in [0.5, 0.6) is 0 Å². The number of rotatable bonds is 4. The van der Waals surface area contributed by atoms with Crippen molar-refractivity contribution in [3.05, 3.63) is 35.1 Å². The summed E-state index contributed by atoms with van der Waals surface area (Å²) < 4.78 is 50.2. The largest absolute Gasteiger partial charge is 0.419 e. The van der Waals surface area contributed by atoms with Crippen LogP contribution in [-0.2, 0) is 12.7 Å². The lowest BCUT2D eigenvalue weighted by Crippen LogP contribution is -2.22. The molecule has 2 nitrogen and oxygen atoms in total. The van der Waals surface area contributed by atoms with Crippen LogP contribution in [0.15, 0.2) is 18.2 Å². The normalized spacial score (nSPS) is 12.2. The molecular weight excluding hydrogens is 238 g/mol. The van der Waals surface area contributed by atoms with Gasteiger partial charge in [-0.2, -0.15) is 13.2 Å². The van der Waals surface area contributed by atoms with Crippen molar-refractivity contribution in [2.45, 2.75) is 12.7 Å². The fourth-order valence-electron chi connectivity index (χ4n) is 1.45. The van der Waals surface area contributed by atoms with Gasteiger partial charge < -0.3 is 5.11 Å². The number of hydrogen-bond donors (Lipinski definition) is 1. The van der Waals surface area contributed by atoms with Crippen molar-refractivity contribution in [1.29, 1.82) is 0 Å². The molecule has 0 saturated heterocycles. The predicted octanol–water partition coefficient (Wildman–Crippen LogP) is 2.27. The second-order valence-electron chi connectivity index (χ2n) is 3.77. The Kier molecular flexibility index (Phi) is 4.47. The number of nitrogens with zero attached hydrogens (tertiary/aromatic N) is 1. The summed E-state index contributed by atoms with van der Waals surface area (Å²) in [4.78, 5) is 1.65. The first-order valence-electron chi connectivity index (χ1n) is 4.99. The second-order valence-corrected chi connectivity index (χ2v) is 3.77. The Balaban J connectivity index is 2.89. The van der Waals surface area contributed by atoms with Crippen LogP contribution in [0, 0.1) is 5.82 Å². The Bertz CT molecular complexity index is 378. The maximum Gasteiger partial charge on any atom is 0.419 e. The average Bonchev–Trinajstić information content (AvgIpc) is 2.19. The van der Waals surface area contributed by atoms with Crippen molar-refractivity contribution >= 4 is 0 Å². The second kappa shape index (κ2) is 5.46. The van der Waals surface area contributed by atoms with Gasteiger partial charge in [0.05, 0.1) is 12.2 Å². The molecule has 0 fully saturated rings. The van der Waals surface area contributed by atoms with E-state index in [0.29, 0.717) is 12.1 Å². The van der Waals surface area contributed by atoms with E-state index >= 15 is 0 Å². The van der Waals surface area contributed by atoms with Crippen LogP contribution < -0.4 is 0 Å². The molecule has 1 N–H and O–H groups in total. The highest BCUT2D eigenvalue weighted by molar-refractivity contribution is 5.27. The van der Waals surface area contributed by atoms with Crippen molar-refractivity contribution in [2.24, 2.45) is 0 Å². The summed E-state index contributed by atoms with van der Waals surface area (Å²) in [6.45, 7) is 0.493. The molecule has 0 aliphatic rings. The first-order valence-corrected chi connectivity index (χ1v) is 4.99. The number of likely N-dealkylation sites (N-methyl/N-ethyl adjacent to an activating group) is 1. The van der Waals surface area contributed by atoms with Crippen LogP contribution in [0.2, 0.25) is 0 Å². The Hall–Kier alpha value is -1.14. The summed E-state index contributed by atoms with van der Waals surface area (Å²) in [5, 5.41) is 8.66. The Morgan fingerprint density at radius 1 is 1.29 bits per heavy atom. The monoisotopic (exact) mass is 251 g/mol. The molecule has 0 amide bonds. The van der Waals surface area contributed by atoms with E-state index < -0.39 is 17.6 Å². The molecule has 0 radical (unpaired) electrons. The van der Waals surface area contributed by atoms with Crippen LogP contribution in [0.3, 0.4) is 0 Å². The summed E-state index contributed by atoms with van der Waals surface area (Å²) in [6, 6.07) is 2.91. The molecule has 1 aromatic carbocycles. The van der Waals surface area contributed by atoms with E-state index in [-0.39, 0.29) is 13.2 Å². The van der Waals surface area contributed by atoms with Crippen molar-refractivity contribution < 1.29 is 22.7 Å². The van der Waals surface area contributed by atoms with Gasteiger partial charge in [0.1, 0.15) is 5.82 Å². The number of aliphatic hydroxyl groups is 1. The van der Waals surface area contributed by atoms with E-state index in [1.54, 1.807) is 11.9 Å². The molecule has 0 unspecified atom stereocenters. The zero-order chi connectivity index (χ0) is 13.1. The minimum Gasteiger partial charge on any atom is -0.395 e. The van der Waals surface area contributed by atoms with Gasteiger partial charge in [-0.15, -0.1) is 0 Å². The molecule has 0 spiro atoms. The molecule has 1 aromatic rings. The van der Waals surface area contributed by atoms with E-state index in [4.69, 9.17) is 5.11 Å². The molecule has 96 valence electrons. The molecule has 17 heavy (non-hydrogen) atoms. The number of halogens is 4. The topological polar surface area (TPSA) is 23.5 Å². The zero-order valence-electron chi connectivity index (χ0n) is 9.26. The van der Waals surface area contributed by atoms with Gasteiger partial charge in [0.25, 0.3) is 0 Å². The van der Waals surface area contributed by atoms with E-state index in [9.17, 15) is 17.6 Å². The molecule has 0 atom stereocenters. The van der Waals surface area contributed by atoms with Crippen molar-refractivity contribution in [3.8, 4) is 0 Å². The fraction of sp³-hybridized carbons (Fsp3) is 0.455. The lowest BCUT2D eigenvalue weighted by atomic mass is 10.1. The standard InChI is InChI=1S/C11H13F4NO/c1-16(4-5-17)7-8-2-3-10(12)9(6-8)11(13,14)15/h2-3,6,17H,4-5,7H2,1H3. The van der Waals surface area contributed by atoms with Crippen LogP contribution in [0.4, 0.5) is 17.6 Å².